The highest BCUT2D eigenvalue weighted by molar-refractivity contribution is 5.76. The van der Waals surface area contributed by atoms with E-state index in [1.165, 1.54) is 63.4 Å². The van der Waals surface area contributed by atoms with E-state index in [0.717, 1.165) is 30.5 Å². The number of ether oxygens (including phenoxy) is 1. The summed E-state index contributed by atoms with van der Waals surface area (Å²) in [6.45, 7) is 4.46. The van der Waals surface area contributed by atoms with Crippen LogP contribution in [0.15, 0.2) is 42.6 Å². The molecule has 0 amide bonds. The largest absolute Gasteiger partial charge is 0.426 e. The van der Waals surface area contributed by atoms with E-state index in [9.17, 15) is 4.79 Å². The predicted molar refractivity (Wildman–Crippen MR) is 128 cm³/mol. The lowest BCUT2D eigenvalue weighted by Gasteiger charge is -2.33. The number of aromatic nitrogens is 1. The van der Waals surface area contributed by atoms with Crippen LogP contribution in [0.1, 0.15) is 90.0 Å². The summed E-state index contributed by atoms with van der Waals surface area (Å²) < 4.78 is 5.58. The highest BCUT2D eigenvalue weighted by Crippen LogP contribution is 2.37. The van der Waals surface area contributed by atoms with Gasteiger partial charge in [0.1, 0.15) is 5.75 Å². The van der Waals surface area contributed by atoms with Crippen LogP contribution >= 0.6 is 0 Å². The third-order valence-electron chi connectivity index (χ3n) is 6.53. The normalized spacial score (nSPS) is 17.9. The van der Waals surface area contributed by atoms with Crippen LogP contribution < -0.4 is 4.74 Å². The lowest BCUT2D eigenvalue weighted by molar-refractivity contribution is -0.143. The van der Waals surface area contributed by atoms with Crippen LogP contribution in [0.2, 0.25) is 0 Å². The van der Waals surface area contributed by atoms with E-state index in [1.807, 2.05) is 30.5 Å². The van der Waals surface area contributed by atoms with E-state index in [4.69, 9.17) is 4.74 Å². The number of pyridine rings is 1. The van der Waals surface area contributed by atoms with E-state index in [-0.39, 0.29) is 11.9 Å². The smallest absolute Gasteiger partial charge is 0.314 e. The number of nitrogens with zero attached hydrogens (tertiary/aromatic N) is 1. The summed E-state index contributed by atoms with van der Waals surface area (Å²) in [6.07, 6.45) is 16.8. The van der Waals surface area contributed by atoms with Crippen molar-refractivity contribution in [2.24, 2.45) is 11.8 Å². The first-order chi connectivity index (χ1) is 15.2. The molecule has 0 N–H and O–H groups in total. The summed E-state index contributed by atoms with van der Waals surface area (Å²) in [5.41, 5.74) is 3.32. The number of hydrogen-bond donors (Lipinski definition) is 0. The SMILES string of the molecule is CCCCCCCCCc1ccc(-c2ccc(OC(=O)C3CC(CCC)C3)cc2)nc1. The maximum atomic E-state index is 12.3. The molecule has 0 aliphatic heterocycles. The Balaban J connectivity index is 1.41. The molecule has 1 fully saturated rings. The molecule has 3 nitrogen and oxygen atoms in total. The number of carbonyl (C=O) groups is 1. The minimum Gasteiger partial charge on any atom is -0.426 e. The Morgan fingerprint density at radius 3 is 2.26 bits per heavy atom. The quantitative estimate of drug-likeness (QED) is 0.188. The van der Waals surface area contributed by atoms with Gasteiger partial charge in [0.15, 0.2) is 0 Å². The number of hydrogen-bond acceptors (Lipinski definition) is 3. The summed E-state index contributed by atoms with van der Waals surface area (Å²) in [5, 5.41) is 0. The van der Waals surface area contributed by atoms with Crippen molar-refractivity contribution < 1.29 is 9.53 Å². The van der Waals surface area contributed by atoms with Crippen molar-refractivity contribution in [2.75, 3.05) is 0 Å². The summed E-state index contributed by atoms with van der Waals surface area (Å²) >= 11 is 0. The molecule has 3 rings (SSSR count). The van der Waals surface area contributed by atoms with Crippen molar-refractivity contribution in [1.82, 2.24) is 4.98 Å². The number of benzene rings is 1. The summed E-state index contributed by atoms with van der Waals surface area (Å²) in [5.74, 6) is 1.35. The fraction of sp³-hybridized carbons (Fsp3) is 0.571. The average Bonchev–Trinajstić information content (AvgIpc) is 2.76. The first-order valence-corrected chi connectivity index (χ1v) is 12.5. The van der Waals surface area contributed by atoms with E-state index < -0.39 is 0 Å². The van der Waals surface area contributed by atoms with Gasteiger partial charge in [0.05, 0.1) is 11.6 Å². The first-order valence-electron chi connectivity index (χ1n) is 12.5. The summed E-state index contributed by atoms with van der Waals surface area (Å²) in [7, 11) is 0. The molecule has 168 valence electrons. The van der Waals surface area contributed by atoms with Gasteiger partial charge >= 0.3 is 5.97 Å². The fourth-order valence-corrected chi connectivity index (χ4v) is 4.49. The molecule has 1 aliphatic carbocycles. The van der Waals surface area contributed by atoms with E-state index in [1.54, 1.807) is 0 Å². The number of aryl methyl sites for hydroxylation is 1. The van der Waals surface area contributed by atoms with Crippen LogP contribution in [0, 0.1) is 11.8 Å². The molecule has 0 bridgehead atoms. The highest BCUT2D eigenvalue weighted by Gasteiger charge is 2.35. The Bertz CT molecular complexity index is 776. The van der Waals surface area contributed by atoms with Gasteiger partial charge in [0.25, 0.3) is 0 Å². The Labute approximate surface area is 188 Å². The Morgan fingerprint density at radius 1 is 0.903 bits per heavy atom. The molecular weight excluding hydrogens is 382 g/mol. The zero-order valence-corrected chi connectivity index (χ0v) is 19.4. The minimum absolute atomic E-state index is 0.0760. The van der Waals surface area contributed by atoms with Gasteiger partial charge in [-0.1, -0.05) is 71.3 Å². The Kier molecular flexibility index (Phi) is 9.58. The lowest BCUT2D eigenvalue weighted by atomic mass is 9.73. The molecule has 31 heavy (non-hydrogen) atoms. The molecule has 1 heterocycles. The molecule has 0 atom stereocenters. The Morgan fingerprint density at radius 2 is 1.61 bits per heavy atom. The third kappa shape index (κ3) is 7.48. The van der Waals surface area contributed by atoms with Crippen molar-refractivity contribution in [1.29, 1.82) is 0 Å². The standard InChI is InChI=1S/C28H39NO2/c1-3-5-6-7-8-9-10-12-22-13-18-27(29-21-22)24-14-16-26(17-15-24)31-28(30)25-19-23(20-25)11-4-2/h13-18,21,23,25H,3-12,19-20H2,1-2H3. The summed E-state index contributed by atoms with van der Waals surface area (Å²) in [6, 6.07) is 12.0. The van der Waals surface area contributed by atoms with Crippen LogP contribution in [0.5, 0.6) is 5.75 Å². The molecule has 1 aliphatic rings. The summed E-state index contributed by atoms with van der Waals surface area (Å²) in [4.78, 5) is 16.9. The molecule has 0 saturated heterocycles. The Hall–Kier alpha value is -2.16. The van der Waals surface area contributed by atoms with Gasteiger partial charge in [-0.25, -0.2) is 0 Å². The second-order valence-electron chi connectivity index (χ2n) is 9.19. The van der Waals surface area contributed by atoms with E-state index in [2.05, 4.69) is 31.0 Å². The number of unbranched alkanes of at least 4 members (excludes halogenated alkanes) is 6. The first kappa shape index (κ1) is 23.5. The average molecular weight is 422 g/mol. The van der Waals surface area contributed by atoms with E-state index >= 15 is 0 Å². The van der Waals surface area contributed by atoms with Crippen LogP contribution in [0.4, 0.5) is 0 Å². The maximum Gasteiger partial charge on any atom is 0.314 e. The van der Waals surface area contributed by atoms with Gasteiger partial charge in [-0.3, -0.25) is 9.78 Å². The number of carbonyl (C=O) groups excluding carboxylic acids is 1. The second-order valence-corrected chi connectivity index (χ2v) is 9.19. The molecule has 0 radical (unpaired) electrons. The zero-order valence-electron chi connectivity index (χ0n) is 19.4. The maximum absolute atomic E-state index is 12.3. The van der Waals surface area contributed by atoms with E-state index in [0.29, 0.717) is 11.7 Å². The highest BCUT2D eigenvalue weighted by atomic mass is 16.5. The lowest BCUT2D eigenvalue weighted by Crippen LogP contribution is -2.33. The van der Waals surface area contributed by atoms with Crippen LogP contribution in [0.3, 0.4) is 0 Å². The van der Waals surface area contributed by atoms with Crippen molar-refractivity contribution in [3.05, 3.63) is 48.2 Å². The molecule has 3 heteroatoms. The molecule has 0 unspecified atom stereocenters. The van der Waals surface area contributed by atoms with Crippen molar-refractivity contribution >= 4 is 5.97 Å². The monoisotopic (exact) mass is 421 g/mol. The fourth-order valence-electron chi connectivity index (χ4n) is 4.49. The van der Waals surface area contributed by atoms with Crippen molar-refractivity contribution in [3.8, 4) is 17.0 Å². The van der Waals surface area contributed by atoms with Gasteiger partial charge < -0.3 is 4.74 Å². The molecular formula is C28H39NO2. The molecule has 1 aromatic carbocycles. The van der Waals surface area contributed by atoms with Crippen molar-refractivity contribution in [2.45, 2.75) is 90.9 Å². The predicted octanol–water partition coefficient (Wildman–Crippen LogP) is 7.77. The minimum atomic E-state index is -0.0760. The van der Waals surface area contributed by atoms with Gasteiger partial charge in [-0.2, -0.15) is 0 Å². The number of rotatable bonds is 13. The molecule has 0 spiro atoms. The van der Waals surface area contributed by atoms with Crippen LogP contribution in [-0.4, -0.2) is 11.0 Å². The second kappa shape index (κ2) is 12.6. The van der Waals surface area contributed by atoms with Gasteiger partial charge in [-0.05, 0) is 67.5 Å². The van der Waals surface area contributed by atoms with Crippen LogP contribution in [-0.2, 0) is 11.2 Å². The zero-order chi connectivity index (χ0) is 21.9. The van der Waals surface area contributed by atoms with Crippen LogP contribution in [0.25, 0.3) is 11.3 Å². The number of esters is 1. The van der Waals surface area contributed by atoms with Crippen molar-refractivity contribution in [3.63, 3.8) is 0 Å². The topological polar surface area (TPSA) is 39.2 Å². The van der Waals surface area contributed by atoms with Gasteiger partial charge in [0, 0.05) is 11.8 Å². The van der Waals surface area contributed by atoms with Gasteiger partial charge in [-0.15, -0.1) is 0 Å². The third-order valence-corrected chi connectivity index (χ3v) is 6.53. The molecule has 1 aromatic heterocycles. The molecule has 2 aromatic rings. The van der Waals surface area contributed by atoms with Gasteiger partial charge in [0.2, 0.25) is 0 Å². The molecule has 1 saturated carbocycles.